The molecule has 0 unspecified atom stereocenters. The monoisotopic (exact) mass is 438 g/mol. The number of hydrogen-bond acceptors (Lipinski definition) is 4. The Morgan fingerprint density at radius 2 is 1.44 bits per heavy atom. The van der Waals surface area contributed by atoms with E-state index in [9.17, 15) is 4.79 Å². The Morgan fingerprint density at radius 1 is 0.875 bits per heavy atom. The summed E-state index contributed by atoms with van der Waals surface area (Å²) >= 11 is 0. The second kappa shape index (κ2) is 15.0. The lowest BCUT2D eigenvalue weighted by molar-refractivity contribution is -0.134. The molecule has 0 saturated carbocycles. The van der Waals surface area contributed by atoms with Crippen LogP contribution in [0.2, 0.25) is 0 Å². The summed E-state index contributed by atoms with van der Waals surface area (Å²) in [7, 11) is 0. The fraction of sp³-hybridized carbons (Fsp3) is 0.444. The molecule has 0 N–H and O–H groups in total. The molecule has 0 spiro atoms. The van der Waals surface area contributed by atoms with Crippen LogP contribution in [0.3, 0.4) is 0 Å². The summed E-state index contributed by atoms with van der Waals surface area (Å²) < 4.78 is 0. The number of nitrogens with zero attached hydrogens (tertiary/aromatic N) is 4. The third-order valence-corrected chi connectivity index (χ3v) is 4.61. The molecule has 1 aromatic heterocycles. The molecule has 0 aliphatic carbocycles. The third kappa shape index (κ3) is 6.52. The van der Waals surface area contributed by atoms with Crippen molar-refractivity contribution in [2.75, 3.05) is 18.2 Å². The third-order valence-electron chi connectivity index (χ3n) is 4.61. The number of aromatic nitrogens is 2. The van der Waals surface area contributed by atoms with Gasteiger partial charge >= 0.3 is 0 Å². The van der Waals surface area contributed by atoms with E-state index in [1.807, 2.05) is 95.8 Å². The van der Waals surface area contributed by atoms with Crippen molar-refractivity contribution < 1.29 is 4.79 Å². The van der Waals surface area contributed by atoms with Gasteiger partial charge in [0.25, 0.3) is 0 Å². The molecule has 5 heteroatoms. The van der Waals surface area contributed by atoms with Crippen LogP contribution in [0.4, 0.5) is 5.82 Å². The molecule has 1 aliphatic heterocycles. The van der Waals surface area contributed by atoms with Gasteiger partial charge in [0.15, 0.2) is 5.82 Å². The summed E-state index contributed by atoms with van der Waals surface area (Å²) in [5.41, 5.74) is 3.11. The maximum Gasteiger partial charge on any atom is 0.225 e. The molecular weight excluding hydrogens is 396 g/mol. The molecule has 0 bridgehead atoms. The fourth-order valence-electron chi connectivity index (χ4n) is 3.13. The first-order valence-electron chi connectivity index (χ1n) is 11.5. The van der Waals surface area contributed by atoms with Crippen LogP contribution in [0.15, 0.2) is 48.5 Å². The van der Waals surface area contributed by atoms with Crippen LogP contribution >= 0.6 is 0 Å². The second-order valence-electron chi connectivity index (χ2n) is 6.31. The Kier molecular flexibility index (Phi) is 13.6. The normalized spacial score (nSPS) is 11.4. The van der Waals surface area contributed by atoms with Crippen LogP contribution in [0.1, 0.15) is 67.9 Å². The summed E-state index contributed by atoms with van der Waals surface area (Å²) in [6, 6.07) is 16.2. The van der Waals surface area contributed by atoms with E-state index in [-0.39, 0.29) is 13.3 Å². The topological polar surface area (TPSA) is 49.3 Å². The van der Waals surface area contributed by atoms with Crippen LogP contribution in [0, 0.1) is 6.92 Å². The standard InChI is InChI=1S/C20H20N4O.3C2H6.CH4/c1-3-18(25)23-12-24(13-23)20-16-10-6-7-11-17(16)21-19(22-20)15-9-5-4-8-14(15)2;3*1-2;/h4-11H,3,12-13H2,1-2H3;3*1-2H3;1H4. The molecule has 3 aromatic rings. The number of anilines is 1. The Morgan fingerprint density at radius 3 is 2.03 bits per heavy atom. The van der Waals surface area contributed by atoms with Gasteiger partial charge in [-0.3, -0.25) is 4.79 Å². The van der Waals surface area contributed by atoms with Crippen LogP contribution in [-0.4, -0.2) is 34.1 Å². The molecule has 5 nitrogen and oxygen atoms in total. The van der Waals surface area contributed by atoms with E-state index in [2.05, 4.69) is 17.9 Å². The summed E-state index contributed by atoms with van der Waals surface area (Å²) in [6.45, 7) is 17.1. The second-order valence-corrected chi connectivity index (χ2v) is 6.31. The first-order chi connectivity index (χ1) is 15.2. The van der Waals surface area contributed by atoms with Gasteiger partial charge < -0.3 is 9.80 Å². The highest BCUT2D eigenvalue weighted by atomic mass is 16.2. The molecule has 1 saturated heterocycles. The van der Waals surface area contributed by atoms with Crippen LogP contribution in [0.25, 0.3) is 22.3 Å². The molecule has 0 atom stereocenters. The predicted octanol–water partition coefficient (Wildman–Crippen LogP) is 7.29. The minimum absolute atomic E-state index is 0. The minimum Gasteiger partial charge on any atom is -0.320 e. The molecule has 1 aliphatic rings. The van der Waals surface area contributed by atoms with Crippen molar-refractivity contribution in [1.29, 1.82) is 0 Å². The average Bonchev–Trinajstić information content (AvgIpc) is 2.82. The lowest BCUT2D eigenvalue weighted by Gasteiger charge is -2.43. The number of para-hydroxylation sites is 1. The van der Waals surface area contributed by atoms with E-state index < -0.39 is 0 Å². The molecule has 176 valence electrons. The van der Waals surface area contributed by atoms with Crippen molar-refractivity contribution in [2.45, 2.75) is 69.2 Å². The number of rotatable bonds is 3. The van der Waals surface area contributed by atoms with E-state index in [0.717, 1.165) is 33.7 Å². The Bertz CT molecular complexity index is 949. The number of carbonyl (C=O) groups is 1. The highest BCUT2D eigenvalue weighted by Crippen LogP contribution is 2.31. The number of benzene rings is 2. The number of carbonyl (C=O) groups excluding carboxylic acids is 1. The first kappa shape index (κ1) is 29.1. The maximum absolute atomic E-state index is 11.8. The largest absolute Gasteiger partial charge is 0.320 e. The Balaban J connectivity index is 0.00000127. The lowest BCUT2D eigenvalue weighted by atomic mass is 10.1. The Labute approximate surface area is 195 Å². The summed E-state index contributed by atoms with van der Waals surface area (Å²) in [6.07, 6.45) is 0.535. The fourth-order valence-corrected chi connectivity index (χ4v) is 3.13. The average molecular weight is 439 g/mol. The van der Waals surface area contributed by atoms with Gasteiger partial charge in [-0.05, 0) is 24.6 Å². The highest BCUT2D eigenvalue weighted by Gasteiger charge is 2.29. The van der Waals surface area contributed by atoms with Crippen molar-refractivity contribution in [3.63, 3.8) is 0 Å². The lowest BCUT2D eigenvalue weighted by Crippen LogP contribution is -2.58. The van der Waals surface area contributed by atoms with Crippen molar-refractivity contribution in [3.05, 3.63) is 54.1 Å². The number of hydrogen-bond donors (Lipinski definition) is 0. The summed E-state index contributed by atoms with van der Waals surface area (Å²) in [5.74, 6) is 1.80. The van der Waals surface area contributed by atoms with E-state index in [1.165, 1.54) is 0 Å². The van der Waals surface area contributed by atoms with Crippen LogP contribution in [0.5, 0.6) is 0 Å². The van der Waals surface area contributed by atoms with Crippen LogP contribution < -0.4 is 4.90 Å². The smallest absolute Gasteiger partial charge is 0.225 e. The molecule has 2 heterocycles. The zero-order valence-electron chi connectivity index (χ0n) is 20.4. The predicted molar refractivity (Wildman–Crippen MR) is 140 cm³/mol. The zero-order chi connectivity index (χ0) is 23.4. The SMILES string of the molecule is C.CC.CC.CC.CCC(=O)N1CN(c2nc(-c3ccccc3C)nc3ccccc23)C1. The molecule has 4 rings (SSSR count). The molecule has 2 aromatic carbocycles. The summed E-state index contributed by atoms with van der Waals surface area (Å²) in [5, 5.41) is 1.02. The van der Waals surface area contributed by atoms with E-state index in [4.69, 9.17) is 9.97 Å². The minimum atomic E-state index is 0. The van der Waals surface area contributed by atoms with E-state index >= 15 is 0 Å². The zero-order valence-corrected chi connectivity index (χ0v) is 20.4. The van der Waals surface area contributed by atoms with Gasteiger partial charge in [-0.25, -0.2) is 9.97 Å². The molecule has 32 heavy (non-hydrogen) atoms. The van der Waals surface area contributed by atoms with Gasteiger partial charge in [-0.1, -0.05) is 92.3 Å². The number of aryl methyl sites for hydroxylation is 1. The van der Waals surface area contributed by atoms with Crippen molar-refractivity contribution in [2.24, 2.45) is 0 Å². The van der Waals surface area contributed by atoms with Gasteiger partial charge in [0.1, 0.15) is 5.82 Å². The first-order valence-corrected chi connectivity index (χ1v) is 11.5. The van der Waals surface area contributed by atoms with E-state index in [0.29, 0.717) is 19.8 Å². The molecule has 1 amide bonds. The van der Waals surface area contributed by atoms with Crippen LogP contribution in [-0.2, 0) is 4.79 Å². The van der Waals surface area contributed by atoms with Gasteiger partial charge in [0.2, 0.25) is 5.91 Å². The number of amides is 1. The molecular formula is C27H42N4O. The Hall–Kier alpha value is -2.95. The van der Waals surface area contributed by atoms with Gasteiger partial charge in [0.05, 0.1) is 18.9 Å². The molecule has 0 radical (unpaired) electrons. The highest BCUT2D eigenvalue weighted by molar-refractivity contribution is 5.92. The van der Waals surface area contributed by atoms with Gasteiger partial charge in [-0.2, -0.15) is 0 Å². The number of fused-ring (bicyclic) bond motifs is 1. The summed E-state index contributed by atoms with van der Waals surface area (Å²) in [4.78, 5) is 25.4. The van der Waals surface area contributed by atoms with Crippen molar-refractivity contribution in [3.8, 4) is 11.4 Å². The van der Waals surface area contributed by atoms with Crippen molar-refractivity contribution >= 4 is 22.6 Å². The maximum atomic E-state index is 11.8. The van der Waals surface area contributed by atoms with Gasteiger partial charge in [-0.15, -0.1) is 0 Å². The quantitative estimate of drug-likeness (QED) is 0.431. The molecule has 1 fully saturated rings. The van der Waals surface area contributed by atoms with Crippen molar-refractivity contribution in [1.82, 2.24) is 14.9 Å². The van der Waals surface area contributed by atoms with E-state index in [1.54, 1.807) is 0 Å². The van der Waals surface area contributed by atoms with Gasteiger partial charge in [0, 0.05) is 17.4 Å².